The molecule has 0 nitrogen and oxygen atoms in total. The first-order valence-electron chi connectivity index (χ1n) is 5.60. The molecule has 90 valence electrons. The van der Waals surface area contributed by atoms with Crippen molar-refractivity contribution in [3.63, 3.8) is 0 Å². The van der Waals surface area contributed by atoms with Gasteiger partial charge < -0.3 is 0 Å². The zero-order valence-electron chi connectivity index (χ0n) is 8.90. The first-order chi connectivity index (χ1) is 7.42. The van der Waals surface area contributed by atoms with Gasteiger partial charge in [-0.3, -0.25) is 0 Å². The largest absolute Gasteiger partial charge is 0.0776 e. The summed E-state index contributed by atoms with van der Waals surface area (Å²) in [5.41, 5.74) is 5.86. The van der Waals surface area contributed by atoms with Crippen LogP contribution >= 0.6 is 0 Å². The van der Waals surface area contributed by atoms with Gasteiger partial charge in [-0.2, -0.15) is 0 Å². The molecule has 0 saturated heterocycles. The number of fused-ring (bicyclic) bond motifs is 3. The van der Waals surface area contributed by atoms with E-state index in [1.54, 1.807) is 0 Å². The van der Waals surface area contributed by atoms with Crippen LogP contribution in [-0.4, -0.2) is 0 Å². The topological polar surface area (TPSA) is 0 Å². The summed E-state index contributed by atoms with van der Waals surface area (Å²) in [6.45, 7) is 2.27. The third-order valence-electron chi connectivity index (χ3n) is 3.37. The van der Waals surface area contributed by atoms with Crippen molar-refractivity contribution in [2.75, 3.05) is 0 Å². The second kappa shape index (κ2) is 5.18. The minimum absolute atomic E-state index is 0. The molecule has 0 saturated carbocycles. The molecule has 2 aromatic rings. The number of hydrogen-bond donors (Lipinski definition) is 0. The molecule has 3 rings (SSSR count). The van der Waals surface area contributed by atoms with E-state index in [-0.39, 0.29) is 14.9 Å². The average Bonchev–Trinajstić information content (AvgIpc) is 2.63. The van der Waals surface area contributed by atoms with E-state index in [2.05, 4.69) is 55.5 Å². The Morgan fingerprint density at radius 2 is 1.18 bits per heavy atom. The van der Waals surface area contributed by atoms with Gasteiger partial charge in [0.2, 0.25) is 0 Å². The predicted octanol–water partition coefficient (Wildman–Crippen LogP) is 5.48. The molecule has 0 heteroatoms. The summed E-state index contributed by atoms with van der Waals surface area (Å²) < 4.78 is 0. The van der Waals surface area contributed by atoms with Crippen LogP contribution in [0, 0.1) is 0 Å². The third-order valence-corrected chi connectivity index (χ3v) is 3.37. The molecule has 1 aliphatic carbocycles. The third kappa shape index (κ3) is 1.88. The van der Waals surface area contributed by atoms with Gasteiger partial charge in [0, 0.05) is 5.92 Å². The number of hydrogen-bond acceptors (Lipinski definition) is 0. The fourth-order valence-corrected chi connectivity index (χ4v) is 2.70. The Bertz CT molecular complexity index is 451. The van der Waals surface area contributed by atoms with Crippen molar-refractivity contribution in [2.45, 2.75) is 34.1 Å². The standard InChI is InChI=1S/C15H14.2CH4/c1-2-11-12-7-3-5-9-14(12)15-10-6-4-8-13(11)15;;/h3-11H,2H2,1H3;2*1H4. The number of benzene rings is 2. The van der Waals surface area contributed by atoms with Crippen molar-refractivity contribution in [3.05, 3.63) is 59.7 Å². The Morgan fingerprint density at radius 1 is 0.765 bits per heavy atom. The van der Waals surface area contributed by atoms with E-state index in [0.717, 1.165) is 0 Å². The quantitative estimate of drug-likeness (QED) is 0.604. The van der Waals surface area contributed by atoms with Gasteiger partial charge in [-0.1, -0.05) is 70.3 Å². The second-order valence-electron chi connectivity index (χ2n) is 4.14. The normalized spacial score (nSPS) is 12.1. The van der Waals surface area contributed by atoms with Crippen LogP contribution in [0.3, 0.4) is 0 Å². The lowest BCUT2D eigenvalue weighted by Gasteiger charge is -2.09. The Morgan fingerprint density at radius 3 is 1.59 bits per heavy atom. The lowest BCUT2D eigenvalue weighted by Crippen LogP contribution is -1.93. The summed E-state index contributed by atoms with van der Waals surface area (Å²) >= 11 is 0. The molecule has 1 aliphatic rings. The molecule has 0 fully saturated rings. The summed E-state index contributed by atoms with van der Waals surface area (Å²) in [7, 11) is 0. The summed E-state index contributed by atoms with van der Waals surface area (Å²) in [4.78, 5) is 0. The number of rotatable bonds is 1. The highest BCUT2D eigenvalue weighted by Crippen LogP contribution is 2.45. The van der Waals surface area contributed by atoms with Crippen LogP contribution in [0.1, 0.15) is 45.2 Å². The first-order valence-corrected chi connectivity index (χ1v) is 5.60. The molecule has 0 aromatic heterocycles. The highest BCUT2D eigenvalue weighted by Gasteiger charge is 2.25. The molecule has 17 heavy (non-hydrogen) atoms. The molecule has 0 amide bonds. The Kier molecular flexibility index (Phi) is 4.11. The molecular weight excluding hydrogens is 204 g/mol. The van der Waals surface area contributed by atoms with Gasteiger partial charge >= 0.3 is 0 Å². The van der Waals surface area contributed by atoms with Gasteiger partial charge in [0.05, 0.1) is 0 Å². The molecular formula is C17H22. The van der Waals surface area contributed by atoms with Crippen molar-refractivity contribution in [3.8, 4) is 11.1 Å². The summed E-state index contributed by atoms with van der Waals surface area (Å²) in [5, 5.41) is 0. The van der Waals surface area contributed by atoms with Crippen LogP contribution < -0.4 is 0 Å². The molecule has 0 atom stereocenters. The zero-order chi connectivity index (χ0) is 10.3. The zero-order valence-corrected chi connectivity index (χ0v) is 8.90. The maximum Gasteiger partial charge on any atom is 0.00990 e. The lowest BCUT2D eigenvalue weighted by atomic mass is 9.95. The van der Waals surface area contributed by atoms with E-state index >= 15 is 0 Å². The van der Waals surface area contributed by atoms with Crippen molar-refractivity contribution < 1.29 is 0 Å². The van der Waals surface area contributed by atoms with Crippen molar-refractivity contribution in [1.29, 1.82) is 0 Å². The lowest BCUT2D eigenvalue weighted by molar-refractivity contribution is 0.797. The maximum atomic E-state index is 2.27. The molecule has 0 spiro atoms. The SMILES string of the molecule is C.C.CCC1c2ccccc2-c2ccccc21. The van der Waals surface area contributed by atoms with Gasteiger partial charge in [0.25, 0.3) is 0 Å². The fourth-order valence-electron chi connectivity index (χ4n) is 2.70. The Balaban J connectivity index is 0.000000722. The van der Waals surface area contributed by atoms with Crippen LogP contribution in [0.25, 0.3) is 11.1 Å². The van der Waals surface area contributed by atoms with Crippen molar-refractivity contribution in [2.24, 2.45) is 0 Å². The van der Waals surface area contributed by atoms with Crippen LogP contribution in [0.15, 0.2) is 48.5 Å². The van der Waals surface area contributed by atoms with E-state index in [1.807, 2.05) is 0 Å². The second-order valence-corrected chi connectivity index (χ2v) is 4.14. The molecule has 0 unspecified atom stereocenters. The van der Waals surface area contributed by atoms with Gasteiger partial charge in [-0.05, 0) is 28.7 Å². The van der Waals surface area contributed by atoms with E-state index < -0.39 is 0 Å². The molecule has 0 radical (unpaired) electrons. The smallest absolute Gasteiger partial charge is 0.00990 e. The van der Waals surface area contributed by atoms with Crippen LogP contribution in [0.4, 0.5) is 0 Å². The monoisotopic (exact) mass is 226 g/mol. The van der Waals surface area contributed by atoms with Gasteiger partial charge in [-0.15, -0.1) is 0 Å². The summed E-state index contributed by atoms with van der Waals surface area (Å²) in [5.74, 6) is 0.609. The Hall–Kier alpha value is -1.56. The van der Waals surface area contributed by atoms with Crippen LogP contribution in [-0.2, 0) is 0 Å². The minimum Gasteiger partial charge on any atom is -0.0776 e. The Labute approximate surface area is 105 Å². The predicted molar refractivity (Wildman–Crippen MR) is 77.5 cm³/mol. The summed E-state index contributed by atoms with van der Waals surface area (Å²) in [6, 6.07) is 17.6. The molecule has 0 aliphatic heterocycles. The van der Waals surface area contributed by atoms with E-state index in [0.29, 0.717) is 5.92 Å². The van der Waals surface area contributed by atoms with Crippen molar-refractivity contribution in [1.82, 2.24) is 0 Å². The maximum absolute atomic E-state index is 2.27. The minimum atomic E-state index is 0. The highest BCUT2D eigenvalue weighted by molar-refractivity contribution is 5.78. The van der Waals surface area contributed by atoms with Crippen LogP contribution in [0.2, 0.25) is 0 Å². The molecule has 0 N–H and O–H groups in total. The van der Waals surface area contributed by atoms with Crippen LogP contribution in [0.5, 0.6) is 0 Å². The van der Waals surface area contributed by atoms with Gasteiger partial charge in [-0.25, -0.2) is 0 Å². The molecule has 2 aromatic carbocycles. The molecule has 0 heterocycles. The van der Waals surface area contributed by atoms with E-state index in [1.165, 1.54) is 28.7 Å². The van der Waals surface area contributed by atoms with E-state index in [4.69, 9.17) is 0 Å². The fraction of sp³-hybridized carbons (Fsp3) is 0.294. The molecule has 0 bridgehead atoms. The summed E-state index contributed by atoms with van der Waals surface area (Å²) in [6.07, 6.45) is 1.19. The van der Waals surface area contributed by atoms with Gasteiger partial charge in [0.15, 0.2) is 0 Å². The highest BCUT2D eigenvalue weighted by atomic mass is 14.3. The van der Waals surface area contributed by atoms with Gasteiger partial charge in [0.1, 0.15) is 0 Å². The first kappa shape index (κ1) is 13.5. The van der Waals surface area contributed by atoms with E-state index in [9.17, 15) is 0 Å². The average molecular weight is 226 g/mol. The van der Waals surface area contributed by atoms with Crippen molar-refractivity contribution >= 4 is 0 Å².